The molecule has 1 saturated heterocycles. The Morgan fingerprint density at radius 3 is 2.90 bits per heavy atom. The SMILES string of the molecule is C[C@@H]1CNCCN1C(=O)C1CC1c1c(F)cccc1Cl.Cl. The molecule has 1 aromatic carbocycles. The minimum Gasteiger partial charge on any atom is -0.337 e. The van der Waals surface area contributed by atoms with Crippen molar-refractivity contribution in [1.82, 2.24) is 10.2 Å². The van der Waals surface area contributed by atoms with Crippen LogP contribution in [-0.4, -0.2) is 36.5 Å². The van der Waals surface area contributed by atoms with E-state index < -0.39 is 0 Å². The lowest BCUT2D eigenvalue weighted by Gasteiger charge is -2.34. The van der Waals surface area contributed by atoms with Gasteiger partial charge in [-0.3, -0.25) is 4.79 Å². The predicted molar refractivity (Wildman–Crippen MR) is 83.6 cm³/mol. The second kappa shape index (κ2) is 6.51. The van der Waals surface area contributed by atoms with Crippen LogP contribution in [0.4, 0.5) is 4.39 Å². The van der Waals surface area contributed by atoms with Gasteiger partial charge in [-0.1, -0.05) is 17.7 Å². The summed E-state index contributed by atoms with van der Waals surface area (Å²) in [6.07, 6.45) is 0.704. The van der Waals surface area contributed by atoms with Crippen molar-refractivity contribution in [2.75, 3.05) is 19.6 Å². The van der Waals surface area contributed by atoms with Crippen molar-refractivity contribution in [3.63, 3.8) is 0 Å². The van der Waals surface area contributed by atoms with Crippen LogP contribution in [0.1, 0.15) is 24.8 Å². The molecule has 0 bridgehead atoms. The van der Waals surface area contributed by atoms with E-state index in [1.165, 1.54) is 6.07 Å². The molecule has 1 N–H and O–H groups in total. The van der Waals surface area contributed by atoms with Crippen LogP contribution >= 0.6 is 24.0 Å². The zero-order chi connectivity index (χ0) is 14.3. The standard InChI is InChI=1S/C15H18ClFN2O.ClH/c1-9-8-18-5-6-19(9)15(20)11-7-10(11)14-12(16)3-2-4-13(14)17;/h2-4,9-11,18H,5-8H2,1H3;1H/t9-,10?,11?;/m1./s1. The zero-order valence-corrected chi connectivity index (χ0v) is 13.4. The van der Waals surface area contributed by atoms with Gasteiger partial charge in [0.25, 0.3) is 0 Å². The number of nitrogens with zero attached hydrogens (tertiary/aromatic N) is 1. The Balaban J connectivity index is 0.00000161. The fourth-order valence-electron chi connectivity index (χ4n) is 3.03. The first kappa shape index (κ1) is 16.5. The molecule has 1 aromatic rings. The summed E-state index contributed by atoms with van der Waals surface area (Å²) in [6, 6.07) is 4.90. The number of carbonyl (C=O) groups is 1. The van der Waals surface area contributed by atoms with Crippen molar-refractivity contribution < 1.29 is 9.18 Å². The molecule has 0 aromatic heterocycles. The minimum absolute atomic E-state index is 0. The van der Waals surface area contributed by atoms with Crippen molar-refractivity contribution in [3.8, 4) is 0 Å². The van der Waals surface area contributed by atoms with E-state index in [0.717, 1.165) is 19.6 Å². The summed E-state index contributed by atoms with van der Waals surface area (Å²) in [4.78, 5) is 14.4. The summed E-state index contributed by atoms with van der Waals surface area (Å²) >= 11 is 6.07. The van der Waals surface area contributed by atoms with E-state index in [0.29, 0.717) is 17.0 Å². The highest BCUT2D eigenvalue weighted by molar-refractivity contribution is 6.31. The Morgan fingerprint density at radius 1 is 1.48 bits per heavy atom. The van der Waals surface area contributed by atoms with Gasteiger partial charge in [0.05, 0.1) is 0 Å². The topological polar surface area (TPSA) is 32.3 Å². The molecule has 1 aliphatic heterocycles. The molecule has 1 amide bonds. The third-order valence-electron chi connectivity index (χ3n) is 4.26. The number of benzene rings is 1. The fourth-order valence-corrected chi connectivity index (χ4v) is 3.34. The summed E-state index contributed by atoms with van der Waals surface area (Å²) in [6.45, 7) is 4.42. The molecule has 21 heavy (non-hydrogen) atoms. The lowest BCUT2D eigenvalue weighted by atomic mass is 10.1. The normalized spacial score (nSPS) is 28.0. The van der Waals surface area contributed by atoms with Gasteiger partial charge in [0, 0.05) is 48.1 Å². The lowest BCUT2D eigenvalue weighted by molar-refractivity contribution is -0.135. The smallest absolute Gasteiger partial charge is 0.226 e. The van der Waals surface area contributed by atoms with Crippen molar-refractivity contribution in [1.29, 1.82) is 0 Å². The molecule has 0 radical (unpaired) electrons. The third kappa shape index (κ3) is 3.17. The predicted octanol–water partition coefficient (Wildman–Crippen LogP) is 2.82. The molecule has 3 atom stereocenters. The van der Waals surface area contributed by atoms with E-state index in [1.54, 1.807) is 12.1 Å². The van der Waals surface area contributed by atoms with Crippen molar-refractivity contribution in [2.24, 2.45) is 5.92 Å². The summed E-state index contributed by atoms with van der Waals surface area (Å²) in [7, 11) is 0. The quantitative estimate of drug-likeness (QED) is 0.903. The number of halogens is 3. The van der Waals surface area contributed by atoms with Gasteiger partial charge in [-0.2, -0.15) is 0 Å². The Kier molecular flexibility index (Phi) is 5.12. The second-order valence-corrected chi connectivity index (χ2v) is 6.08. The van der Waals surface area contributed by atoms with Crippen LogP contribution in [-0.2, 0) is 4.79 Å². The van der Waals surface area contributed by atoms with Gasteiger partial charge in [0.15, 0.2) is 0 Å². The molecule has 2 unspecified atom stereocenters. The summed E-state index contributed by atoms with van der Waals surface area (Å²) in [5, 5.41) is 3.69. The highest BCUT2D eigenvalue weighted by Crippen LogP contribution is 2.51. The fraction of sp³-hybridized carbons (Fsp3) is 0.533. The van der Waals surface area contributed by atoms with Crippen LogP contribution in [0.15, 0.2) is 18.2 Å². The number of hydrogen-bond donors (Lipinski definition) is 1. The summed E-state index contributed by atoms with van der Waals surface area (Å²) in [5.74, 6) is -0.322. The van der Waals surface area contributed by atoms with Crippen molar-refractivity contribution in [3.05, 3.63) is 34.6 Å². The van der Waals surface area contributed by atoms with Crippen molar-refractivity contribution >= 4 is 29.9 Å². The second-order valence-electron chi connectivity index (χ2n) is 5.67. The van der Waals surface area contributed by atoms with E-state index in [2.05, 4.69) is 5.32 Å². The maximum absolute atomic E-state index is 13.9. The third-order valence-corrected chi connectivity index (χ3v) is 4.59. The maximum Gasteiger partial charge on any atom is 0.226 e. The average molecular weight is 333 g/mol. The van der Waals surface area contributed by atoms with E-state index in [9.17, 15) is 9.18 Å². The van der Waals surface area contributed by atoms with Crippen LogP contribution in [0, 0.1) is 11.7 Å². The number of carbonyl (C=O) groups excluding carboxylic acids is 1. The molecule has 3 nitrogen and oxygen atoms in total. The van der Waals surface area contributed by atoms with E-state index in [4.69, 9.17) is 11.6 Å². The molecular formula is C15H19Cl2FN2O. The number of hydrogen-bond acceptors (Lipinski definition) is 2. The average Bonchev–Trinajstić information content (AvgIpc) is 3.18. The molecule has 6 heteroatoms. The van der Waals surface area contributed by atoms with Gasteiger partial charge in [-0.05, 0) is 25.5 Å². The Morgan fingerprint density at radius 2 is 2.24 bits per heavy atom. The first-order valence-corrected chi connectivity index (χ1v) is 7.42. The van der Waals surface area contributed by atoms with Crippen LogP contribution in [0.5, 0.6) is 0 Å². The number of nitrogens with one attached hydrogen (secondary N) is 1. The van der Waals surface area contributed by atoms with Crippen molar-refractivity contribution in [2.45, 2.75) is 25.3 Å². The molecule has 116 valence electrons. The first-order chi connectivity index (χ1) is 9.59. The van der Waals surface area contributed by atoms with E-state index in [-0.39, 0.29) is 42.0 Å². The molecule has 3 rings (SSSR count). The van der Waals surface area contributed by atoms with Crippen LogP contribution in [0.2, 0.25) is 5.02 Å². The van der Waals surface area contributed by atoms with E-state index >= 15 is 0 Å². The summed E-state index contributed by atoms with van der Waals surface area (Å²) < 4.78 is 13.9. The molecule has 2 aliphatic rings. The maximum atomic E-state index is 13.9. The highest BCUT2D eigenvalue weighted by atomic mass is 35.5. The highest BCUT2D eigenvalue weighted by Gasteiger charge is 2.48. The molecule has 0 spiro atoms. The van der Waals surface area contributed by atoms with Gasteiger partial charge >= 0.3 is 0 Å². The van der Waals surface area contributed by atoms with Gasteiger partial charge in [0.1, 0.15) is 5.82 Å². The Bertz CT molecular complexity index is 520. The van der Waals surface area contributed by atoms with Crippen LogP contribution in [0.25, 0.3) is 0 Å². The monoisotopic (exact) mass is 332 g/mol. The molecule has 2 fully saturated rings. The Labute approximate surface area is 135 Å². The first-order valence-electron chi connectivity index (χ1n) is 7.04. The largest absolute Gasteiger partial charge is 0.337 e. The number of amides is 1. The number of rotatable bonds is 2. The molecule has 1 heterocycles. The minimum atomic E-state index is -0.300. The summed E-state index contributed by atoms with van der Waals surface area (Å²) in [5.41, 5.74) is 0.510. The Hall–Kier alpha value is -0.840. The van der Waals surface area contributed by atoms with Crippen LogP contribution in [0.3, 0.4) is 0 Å². The molecule has 1 aliphatic carbocycles. The lowest BCUT2D eigenvalue weighted by Crippen LogP contribution is -2.52. The molecule has 1 saturated carbocycles. The van der Waals surface area contributed by atoms with Crippen LogP contribution < -0.4 is 5.32 Å². The van der Waals surface area contributed by atoms with E-state index in [1.807, 2.05) is 11.8 Å². The van der Waals surface area contributed by atoms with Gasteiger partial charge < -0.3 is 10.2 Å². The number of piperazine rings is 1. The zero-order valence-electron chi connectivity index (χ0n) is 11.8. The van der Waals surface area contributed by atoms with Gasteiger partial charge in [-0.15, -0.1) is 12.4 Å². The molecular weight excluding hydrogens is 314 g/mol. The van der Waals surface area contributed by atoms with Gasteiger partial charge in [-0.25, -0.2) is 4.39 Å². The van der Waals surface area contributed by atoms with Gasteiger partial charge in [0.2, 0.25) is 5.91 Å².